The van der Waals surface area contributed by atoms with Gasteiger partial charge in [-0.2, -0.15) is 4.31 Å². The zero-order valence-corrected chi connectivity index (χ0v) is 17.1. The maximum absolute atomic E-state index is 12.9. The van der Waals surface area contributed by atoms with Gasteiger partial charge >= 0.3 is 0 Å². The van der Waals surface area contributed by atoms with Crippen molar-refractivity contribution < 1.29 is 22.7 Å². The van der Waals surface area contributed by atoms with E-state index in [0.717, 1.165) is 19.3 Å². The van der Waals surface area contributed by atoms with Gasteiger partial charge in [0.2, 0.25) is 21.8 Å². The number of piperidine rings is 1. The number of ether oxygens (including phenoxy) is 1. The summed E-state index contributed by atoms with van der Waals surface area (Å²) in [5, 5.41) is 1.86. The first-order valence-electron chi connectivity index (χ1n) is 9.45. The van der Waals surface area contributed by atoms with E-state index in [1.807, 2.05) is 0 Å². The van der Waals surface area contributed by atoms with Gasteiger partial charge < -0.3 is 15.0 Å². The number of nitrogens with one attached hydrogen (secondary N) is 1. The van der Waals surface area contributed by atoms with E-state index in [1.165, 1.54) is 22.1 Å². The Kier molecular flexibility index (Phi) is 5.64. The summed E-state index contributed by atoms with van der Waals surface area (Å²) in [5.74, 6) is -0.650. The Morgan fingerprint density at radius 3 is 2.54 bits per heavy atom. The van der Waals surface area contributed by atoms with Gasteiger partial charge in [0.25, 0.3) is 0 Å². The predicted octanol–water partition coefficient (Wildman–Crippen LogP) is 1.13. The molecule has 1 unspecified atom stereocenters. The van der Waals surface area contributed by atoms with Crippen LogP contribution >= 0.6 is 11.8 Å². The molecule has 0 aromatic heterocycles. The van der Waals surface area contributed by atoms with Crippen molar-refractivity contribution in [2.24, 2.45) is 0 Å². The van der Waals surface area contributed by atoms with Crippen LogP contribution in [0.25, 0.3) is 0 Å². The Morgan fingerprint density at radius 1 is 1.11 bits per heavy atom. The summed E-state index contributed by atoms with van der Waals surface area (Å²) in [6, 6.07) is 4.74. The van der Waals surface area contributed by atoms with Crippen molar-refractivity contribution >= 4 is 39.3 Å². The first-order chi connectivity index (χ1) is 13.5. The third-order valence-electron chi connectivity index (χ3n) is 5.19. The van der Waals surface area contributed by atoms with Gasteiger partial charge in [-0.25, -0.2) is 8.42 Å². The number of sulfonamides is 1. The van der Waals surface area contributed by atoms with Crippen LogP contribution in [-0.2, 0) is 24.3 Å². The SMILES string of the molecule is O=C1Nc2cc(S(=O)(=O)N3CCCCC3)ccc2SC1C(=O)N1CCOCC1. The highest BCUT2D eigenvalue weighted by Gasteiger charge is 2.37. The van der Waals surface area contributed by atoms with Crippen molar-refractivity contribution in [1.29, 1.82) is 0 Å². The Morgan fingerprint density at radius 2 is 1.82 bits per heavy atom. The van der Waals surface area contributed by atoms with Crippen LogP contribution in [0.5, 0.6) is 0 Å². The summed E-state index contributed by atoms with van der Waals surface area (Å²) in [7, 11) is -3.58. The van der Waals surface area contributed by atoms with E-state index in [1.54, 1.807) is 17.0 Å². The van der Waals surface area contributed by atoms with Crippen molar-refractivity contribution in [1.82, 2.24) is 9.21 Å². The largest absolute Gasteiger partial charge is 0.378 e. The van der Waals surface area contributed by atoms with E-state index in [0.29, 0.717) is 50.0 Å². The Balaban J connectivity index is 1.54. The molecule has 1 N–H and O–H groups in total. The highest BCUT2D eigenvalue weighted by molar-refractivity contribution is 8.01. The highest BCUT2D eigenvalue weighted by Crippen LogP contribution is 2.38. The van der Waals surface area contributed by atoms with Crippen LogP contribution in [-0.4, -0.2) is 74.1 Å². The number of fused-ring (bicyclic) bond motifs is 1. The molecule has 2 fully saturated rings. The van der Waals surface area contributed by atoms with Gasteiger partial charge in [-0.3, -0.25) is 9.59 Å². The van der Waals surface area contributed by atoms with Crippen molar-refractivity contribution in [2.45, 2.75) is 34.3 Å². The molecule has 4 rings (SSSR count). The van der Waals surface area contributed by atoms with Gasteiger partial charge in [0.1, 0.15) is 0 Å². The molecule has 0 spiro atoms. The van der Waals surface area contributed by atoms with Crippen LogP contribution < -0.4 is 5.32 Å². The second-order valence-corrected chi connectivity index (χ2v) is 10.1. The van der Waals surface area contributed by atoms with E-state index in [2.05, 4.69) is 5.32 Å². The average Bonchev–Trinajstić information content (AvgIpc) is 2.73. The molecule has 0 saturated carbocycles. The maximum atomic E-state index is 12.9. The topological polar surface area (TPSA) is 96.0 Å². The van der Waals surface area contributed by atoms with E-state index in [4.69, 9.17) is 4.74 Å². The van der Waals surface area contributed by atoms with E-state index in [-0.39, 0.29) is 10.8 Å². The van der Waals surface area contributed by atoms with Crippen LogP contribution in [0.2, 0.25) is 0 Å². The van der Waals surface area contributed by atoms with Gasteiger partial charge in [0, 0.05) is 31.1 Å². The molecule has 10 heteroatoms. The second-order valence-electron chi connectivity index (χ2n) is 7.05. The lowest BCUT2D eigenvalue weighted by atomic mass is 10.2. The first kappa shape index (κ1) is 19.7. The maximum Gasteiger partial charge on any atom is 0.247 e. The van der Waals surface area contributed by atoms with Crippen LogP contribution in [0.4, 0.5) is 5.69 Å². The molecule has 0 radical (unpaired) electrons. The molecular formula is C18H23N3O5S2. The lowest BCUT2D eigenvalue weighted by Crippen LogP contribution is -2.49. The summed E-state index contributed by atoms with van der Waals surface area (Å²) >= 11 is 1.17. The van der Waals surface area contributed by atoms with Crippen LogP contribution in [0.3, 0.4) is 0 Å². The lowest BCUT2D eigenvalue weighted by Gasteiger charge is -2.32. The third-order valence-corrected chi connectivity index (χ3v) is 8.35. The fourth-order valence-corrected chi connectivity index (χ4v) is 6.21. The first-order valence-corrected chi connectivity index (χ1v) is 11.8. The predicted molar refractivity (Wildman–Crippen MR) is 105 cm³/mol. The number of rotatable bonds is 3. The Bertz CT molecular complexity index is 877. The summed E-state index contributed by atoms with van der Waals surface area (Å²) < 4.78 is 32.5. The molecule has 1 aromatic rings. The molecule has 2 saturated heterocycles. The number of hydrogen-bond donors (Lipinski definition) is 1. The molecule has 2 amide bonds. The van der Waals surface area contributed by atoms with Crippen LogP contribution in [0.1, 0.15) is 19.3 Å². The molecule has 0 aliphatic carbocycles. The normalized spacial score (nSPS) is 23.8. The average molecular weight is 426 g/mol. The minimum atomic E-state index is -3.58. The zero-order valence-electron chi connectivity index (χ0n) is 15.4. The minimum Gasteiger partial charge on any atom is -0.378 e. The summed E-state index contributed by atoms with van der Waals surface area (Å²) in [6.07, 6.45) is 2.77. The number of nitrogens with zero attached hydrogens (tertiary/aromatic N) is 2. The standard InChI is InChI=1S/C18H23N3O5S2/c22-17-16(18(23)20-8-10-26-11-9-20)27-15-5-4-13(12-14(15)19-17)28(24,25)21-6-2-1-3-7-21/h4-5,12,16H,1-3,6-11H2,(H,19,22). The van der Waals surface area contributed by atoms with Crippen LogP contribution in [0, 0.1) is 0 Å². The number of anilines is 1. The van der Waals surface area contributed by atoms with E-state index < -0.39 is 21.2 Å². The Hall–Kier alpha value is -1.62. The number of hydrogen-bond acceptors (Lipinski definition) is 6. The molecule has 0 bridgehead atoms. The van der Waals surface area contributed by atoms with Crippen molar-refractivity contribution in [3.63, 3.8) is 0 Å². The number of thioether (sulfide) groups is 1. The van der Waals surface area contributed by atoms with Crippen LogP contribution in [0.15, 0.2) is 28.0 Å². The van der Waals surface area contributed by atoms with Gasteiger partial charge in [0.15, 0.2) is 5.25 Å². The number of carbonyl (C=O) groups is 2. The zero-order chi connectivity index (χ0) is 19.7. The van der Waals surface area contributed by atoms with Gasteiger partial charge in [0.05, 0.1) is 23.8 Å². The minimum absolute atomic E-state index is 0.173. The third kappa shape index (κ3) is 3.78. The van der Waals surface area contributed by atoms with E-state index >= 15 is 0 Å². The number of benzene rings is 1. The summed E-state index contributed by atoms with van der Waals surface area (Å²) in [4.78, 5) is 27.7. The lowest BCUT2D eigenvalue weighted by molar-refractivity contribution is -0.137. The Labute approximate surface area is 168 Å². The van der Waals surface area contributed by atoms with Crippen molar-refractivity contribution in [3.05, 3.63) is 18.2 Å². The fourth-order valence-electron chi connectivity index (χ4n) is 3.62. The summed E-state index contributed by atoms with van der Waals surface area (Å²) in [6.45, 7) is 2.94. The number of amides is 2. The second kappa shape index (κ2) is 8.02. The molecule has 3 heterocycles. The number of carbonyl (C=O) groups excluding carboxylic acids is 2. The quantitative estimate of drug-likeness (QED) is 0.730. The highest BCUT2D eigenvalue weighted by atomic mass is 32.2. The molecule has 3 aliphatic rings. The summed E-state index contributed by atoms with van der Waals surface area (Å²) in [5.41, 5.74) is 0.444. The van der Waals surface area contributed by atoms with E-state index in [9.17, 15) is 18.0 Å². The van der Waals surface area contributed by atoms with Gasteiger partial charge in [-0.05, 0) is 31.0 Å². The van der Waals surface area contributed by atoms with Crippen molar-refractivity contribution in [2.75, 3.05) is 44.7 Å². The monoisotopic (exact) mass is 425 g/mol. The smallest absolute Gasteiger partial charge is 0.247 e. The molecule has 3 aliphatic heterocycles. The molecule has 1 atom stereocenters. The molecular weight excluding hydrogens is 402 g/mol. The fraction of sp³-hybridized carbons (Fsp3) is 0.556. The molecule has 28 heavy (non-hydrogen) atoms. The molecule has 8 nitrogen and oxygen atoms in total. The van der Waals surface area contributed by atoms with Gasteiger partial charge in [-0.15, -0.1) is 11.8 Å². The van der Waals surface area contributed by atoms with Gasteiger partial charge in [-0.1, -0.05) is 6.42 Å². The molecule has 152 valence electrons. The van der Waals surface area contributed by atoms with Crippen molar-refractivity contribution in [3.8, 4) is 0 Å². The molecule has 1 aromatic carbocycles. The number of morpholine rings is 1.